The number of aliphatic hydroxyl groups excluding tert-OH is 1. The predicted octanol–water partition coefficient (Wildman–Crippen LogP) is 15.7. The van der Waals surface area contributed by atoms with E-state index in [0.717, 1.165) is 44.9 Å². The van der Waals surface area contributed by atoms with Crippen LogP contribution in [-0.2, 0) is 18.4 Å². The third-order valence-corrected chi connectivity index (χ3v) is 12.4. The molecule has 3 atom stereocenters. The molecule has 0 saturated carbocycles. The zero-order valence-corrected chi connectivity index (χ0v) is 43.6. The van der Waals surface area contributed by atoms with Crippen LogP contribution in [0.4, 0.5) is 0 Å². The highest BCUT2D eigenvalue weighted by Crippen LogP contribution is 2.43. The van der Waals surface area contributed by atoms with Crippen LogP contribution in [0.2, 0.25) is 0 Å². The summed E-state index contributed by atoms with van der Waals surface area (Å²) in [6, 6.07) is -0.923. The number of phosphoric ester groups is 1. The molecule has 0 aliphatic carbocycles. The molecule has 0 saturated heterocycles. The van der Waals surface area contributed by atoms with E-state index < -0.39 is 20.0 Å². The molecule has 3 unspecified atom stereocenters. The number of hydrogen-bond donors (Lipinski definition) is 3. The Morgan fingerprint density at radius 3 is 1.38 bits per heavy atom. The summed E-state index contributed by atoms with van der Waals surface area (Å²) < 4.78 is 23.5. The van der Waals surface area contributed by atoms with Crippen molar-refractivity contribution in [1.82, 2.24) is 5.32 Å². The Hall–Kier alpha value is -2.32. The summed E-state index contributed by atoms with van der Waals surface area (Å²) >= 11 is 0. The largest absolute Gasteiger partial charge is 0.472 e. The molecule has 0 aliphatic rings. The van der Waals surface area contributed by atoms with Crippen molar-refractivity contribution in [3.63, 3.8) is 0 Å². The number of carbonyl (C=O) groups excluding carboxylic acids is 1. The minimum Gasteiger partial charge on any atom is -0.387 e. The van der Waals surface area contributed by atoms with Crippen LogP contribution in [0, 0.1) is 0 Å². The van der Waals surface area contributed by atoms with Crippen molar-refractivity contribution in [1.29, 1.82) is 0 Å². The number of unbranched alkanes of at least 4 members (excludes halogenated alkanes) is 23. The third kappa shape index (κ3) is 49.4. The monoisotopic (exact) mass is 930 g/mol. The van der Waals surface area contributed by atoms with Crippen LogP contribution in [0.15, 0.2) is 85.1 Å². The van der Waals surface area contributed by atoms with E-state index in [-0.39, 0.29) is 25.5 Å². The first-order chi connectivity index (χ1) is 31.5. The summed E-state index contributed by atoms with van der Waals surface area (Å²) in [6.07, 6.45) is 65.9. The Balaban J connectivity index is 4.33. The number of phosphoric acid groups is 1. The zero-order chi connectivity index (χ0) is 47.8. The fourth-order valence-corrected chi connectivity index (χ4v) is 7.98. The highest BCUT2D eigenvalue weighted by Gasteiger charge is 2.27. The fourth-order valence-electron chi connectivity index (χ4n) is 7.24. The van der Waals surface area contributed by atoms with E-state index in [9.17, 15) is 19.4 Å². The zero-order valence-electron chi connectivity index (χ0n) is 42.7. The average molecular weight is 930 g/mol. The molecular formula is C56H102N2O6P+. The summed E-state index contributed by atoms with van der Waals surface area (Å²) in [5.41, 5.74) is 0. The molecular weight excluding hydrogens is 828 g/mol. The van der Waals surface area contributed by atoms with E-state index in [1.807, 2.05) is 33.3 Å². The van der Waals surface area contributed by atoms with Crippen molar-refractivity contribution in [2.45, 2.75) is 225 Å². The molecule has 376 valence electrons. The summed E-state index contributed by atoms with van der Waals surface area (Å²) in [7, 11) is 1.49. The van der Waals surface area contributed by atoms with Gasteiger partial charge in [-0.3, -0.25) is 13.8 Å². The lowest BCUT2D eigenvalue weighted by Crippen LogP contribution is -2.45. The van der Waals surface area contributed by atoms with Crippen molar-refractivity contribution in [2.75, 3.05) is 40.9 Å². The van der Waals surface area contributed by atoms with Crippen LogP contribution in [0.1, 0.15) is 213 Å². The van der Waals surface area contributed by atoms with E-state index in [1.165, 1.54) is 141 Å². The van der Waals surface area contributed by atoms with Crippen LogP contribution >= 0.6 is 7.82 Å². The molecule has 0 aromatic heterocycles. The summed E-state index contributed by atoms with van der Waals surface area (Å²) in [5, 5.41) is 13.8. The lowest BCUT2D eigenvalue weighted by atomic mass is 10.0. The Morgan fingerprint density at radius 2 is 0.938 bits per heavy atom. The van der Waals surface area contributed by atoms with Crippen molar-refractivity contribution < 1.29 is 32.9 Å². The van der Waals surface area contributed by atoms with Gasteiger partial charge in [0.2, 0.25) is 5.91 Å². The SMILES string of the molecule is CC/C=C\C/C=C\C/C=C\C/C=C\C/C=C\CC(=O)NC(COP(=O)(O)OCC[N+](C)(C)C)C(O)/C=C/CC/C=C/CCCCCCCCCCCCCCCCCCCCCCCC. The molecule has 0 fully saturated rings. The van der Waals surface area contributed by atoms with Gasteiger partial charge in [0.1, 0.15) is 13.2 Å². The van der Waals surface area contributed by atoms with Crippen molar-refractivity contribution >= 4 is 13.7 Å². The van der Waals surface area contributed by atoms with E-state index in [4.69, 9.17) is 9.05 Å². The van der Waals surface area contributed by atoms with Crippen molar-refractivity contribution in [2.24, 2.45) is 0 Å². The van der Waals surface area contributed by atoms with Gasteiger partial charge in [-0.25, -0.2) is 4.57 Å². The second-order valence-electron chi connectivity index (χ2n) is 18.9. The van der Waals surface area contributed by atoms with Gasteiger partial charge in [0.05, 0.1) is 39.9 Å². The van der Waals surface area contributed by atoms with Crippen LogP contribution in [0.25, 0.3) is 0 Å². The molecule has 9 heteroatoms. The van der Waals surface area contributed by atoms with Gasteiger partial charge in [0.25, 0.3) is 0 Å². The molecule has 0 bridgehead atoms. The van der Waals surface area contributed by atoms with Crippen LogP contribution < -0.4 is 5.32 Å². The smallest absolute Gasteiger partial charge is 0.387 e. The third-order valence-electron chi connectivity index (χ3n) is 11.4. The van der Waals surface area contributed by atoms with E-state index in [1.54, 1.807) is 12.2 Å². The minimum atomic E-state index is -4.38. The molecule has 0 spiro atoms. The van der Waals surface area contributed by atoms with Gasteiger partial charge in [0, 0.05) is 6.42 Å². The van der Waals surface area contributed by atoms with Crippen molar-refractivity contribution in [3.8, 4) is 0 Å². The number of quaternary nitrogens is 1. The number of rotatable bonds is 47. The number of nitrogens with zero attached hydrogens (tertiary/aromatic N) is 1. The first kappa shape index (κ1) is 62.7. The van der Waals surface area contributed by atoms with Crippen molar-refractivity contribution in [3.05, 3.63) is 85.1 Å². The molecule has 1 amide bonds. The van der Waals surface area contributed by atoms with Gasteiger partial charge in [-0.1, -0.05) is 234 Å². The number of aliphatic hydroxyl groups is 1. The maximum absolute atomic E-state index is 12.8. The quantitative estimate of drug-likeness (QED) is 0.0243. The Labute approximate surface area is 401 Å². The van der Waals surface area contributed by atoms with Gasteiger partial charge in [-0.2, -0.15) is 0 Å². The minimum absolute atomic E-state index is 0.0357. The highest BCUT2D eigenvalue weighted by molar-refractivity contribution is 7.47. The highest BCUT2D eigenvalue weighted by atomic mass is 31.2. The first-order valence-electron chi connectivity index (χ1n) is 26.5. The summed E-state index contributed by atoms with van der Waals surface area (Å²) in [5.74, 6) is -0.315. The number of nitrogens with one attached hydrogen (secondary N) is 1. The Kier molecular flexibility index (Phi) is 45.1. The van der Waals surface area contributed by atoms with Gasteiger partial charge < -0.3 is 19.8 Å². The maximum atomic E-state index is 12.8. The van der Waals surface area contributed by atoms with E-state index in [0.29, 0.717) is 17.4 Å². The van der Waals surface area contributed by atoms with Crippen LogP contribution in [0.5, 0.6) is 0 Å². The Morgan fingerprint density at radius 1 is 0.538 bits per heavy atom. The number of carbonyl (C=O) groups is 1. The molecule has 0 radical (unpaired) electrons. The van der Waals surface area contributed by atoms with E-state index in [2.05, 4.69) is 79.9 Å². The number of amides is 1. The van der Waals surface area contributed by atoms with Gasteiger partial charge in [-0.15, -0.1) is 0 Å². The average Bonchev–Trinajstić information content (AvgIpc) is 3.26. The lowest BCUT2D eigenvalue weighted by Gasteiger charge is -2.25. The van der Waals surface area contributed by atoms with E-state index >= 15 is 0 Å². The van der Waals surface area contributed by atoms with Gasteiger partial charge >= 0.3 is 7.82 Å². The molecule has 0 aromatic carbocycles. The topological polar surface area (TPSA) is 105 Å². The van der Waals surface area contributed by atoms with Gasteiger partial charge in [0.15, 0.2) is 0 Å². The number of likely N-dealkylation sites (N-methyl/N-ethyl adjacent to an activating group) is 1. The molecule has 8 nitrogen and oxygen atoms in total. The molecule has 0 rings (SSSR count). The molecule has 65 heavy (non-hydrogen) atoms. The molecule has 3 N–H and O–H groups in total. The standard InChI is InChI=1S/C56H101N2O6P/c1-6-8-10-12-14-16-18-20-22-23-24-25-26-27-28-29-30-31-32-33-34-36-37-39-41-43-45-47-49-55(59)54(53-64-65(61,62)63-52-51-58(3,4)5)57-56(60)50-48-46-44-42-40-38-35-21-19-17-15-13-11-9-7-2/h9,11,15,17,21,35,39-42,46-49,54-55,59H,6-8,10,12-14,16,18-20,22-34,36-38,43-45,50-53H2,1-5H3,(H-,57,60,61,62)/p+1/b11-9-,17-15-,35-21-,41-39+,42-40-,48-46-,49-47+. The second-order valence-corrected chi connectivity index (χ2v) is 20.3. The number of hydrogen-bond acceptors (Lipinski definition) is 5. The maximum Gasteiger partial charge on any atom is 0.472 e. The molecule has 0 aliphatic heterocycles. The normalized spacial score (nSPS) is 14.8. The van der Waals surface area contributed by atoms with Crippen LogP contribution in [0.3, 0.4) is 0 Å². The molecule has 0 aromatic rings. The predicted molar refractivity (Wildman–Crippen MR) is 281 cm³/mol. The van der Waals surface area contributed by atoms with Gasteiger partial charge in [-0.05, 0) is 57.8 Å². The summed E-state index contributed by atoms with van der Waals surface area (Å²) in [6.45, 7) is 4.60. The fraction of sp³-hybridized carbons (Fsp3) is 0.732. The second kappa shape index (κ2) is 46.8. The number of allylic oxidation sites excluding steroid dienone is 12. The van der Waals surface area contributed by atoms with Crippen LogP contribution in [-0.4, -0.2) is 73.4 Å². The first-order valence-corrected chi connectivity index (χ1v) is 28.0. The lowest BCUT2D eigenvalue weighted by molar-refractivity contribution is -0.870. The summed E-state index contributed by atoms with van der Waals surface area (Å²) in [4.78, 5) is 23.1. The molecule has 0 heterocycles. The Bertz CT molecular complexity index is 1330.